The molecule has 1 aromatic rings. The Kier molecular flexibility index (Phi) is 7.71. The van der Waals surface area contributed by atoms with Crippen molar-refractivity contribution in [3.63, 3.8) is 0 Å². The third-order valence-electron chi connectivity index (χ3n) is 4.82. The van der Waals surface area contributed by atoms with E-state index in [2.05, 4.69) is 20.6 Å². The van der Waals surface area contributed by atoms with Crippen molar-refractivity contribution in [2.75, 3.05) is 13.1 Å². The number of H-pyrrole nitrogens is 1. The highest BCUT2D eigenvalue weighted by molar-refractivity contribution is 5.93. The Morgan fingerprint density at radius 1 is 1.38 bits per heavy atom. The monoisotopic (exact) mass is 408 g/mol. The first kappa shape index (κ1) is 22.3. The molecular formula is C18H28N6O5. The van der Waals surface area contributed by atoms with E-state index in [1.54, 1.807) is 20.0 Å². The molecule has 2 heterocycles. The zero-order chi connectivity index (χ0) is 21.6. The van der Waals surface area contributed by atoms with Crippen molar-refractivity contribution in [2.24, 2.45) is 11.7 Å². The average molecular weight is 408 g/mol. The van der Waals surface area contributed by atoms with Crippen LogP contribution in [0.25, 0.3) is 0 Å². The minimum Gasteiger partial charge on any atom is -0.480 e. The van der Waals surface area contributed by atoms with Gasteiger partial charge in [0.15, 0.2) is 0 Å². The van der Waals surface area contributed by atoms with Gasteiger partial charge in [-0.15, -0.1) is 0 Å². The van der Waals surface area contributed by atoms with Gasteiger partial charge < -0.3 is 31.4 Å². The topological polar surface area (TPSA) is 171 Å². The van der Waals surface area contributed by atoms with E-state index in [1.807, 2.05) is 0 Å². The van der Waals surface area contributed by atoms with E-state index < -0.39 is 35.9 Å². The van der Waals surface area contributed by atoms with Gasteiger partial charge in [-0.1, -0.05) is 13.8 Å². The smallest absolute Gasteiger partial charge is 0.326 e. The highest BCUT2D eigenvalue weighted by atomic mass is 16.4. The summed E-state index contributed by atoms with van der Waals surface area (Å²) in [5.41, 5.74) is 6.72. The van der Waals surface area contributed by atoms with Crippen LogP contribution < -0.4 is 16.4 Å². The van der Waals surface area contributed by atoms with Crippen LogP contribution in [-0.4, -0.2) is 74.9 Å². The molecule has 0 saturated carbocycles. The molecule has 0 spiro atoms. The molecule has 1 aliphatic heterocycles. The van der Waals surface area contributed by atoms with Crippen LogP contribution in [0.4, 0.5) is 0 Å². The van der Waals surface area contributed by atoms with Crippen molar-refractivity contribution in [1.82, 2.24) is 25.5 Å². The molecule has 29 heavy (non-hydrogen) atoms. The first-order valence-corrected chi connectivity index (χ1v) is 9.54. The molecule has 1 fully saturated rings. The number of amides is 3. The van der Waals surface area contributed by atoms with Gasteiger partial charge in [0.05, 0.1) is 18.9 Å². The van der Waals surface area contributed by atoms with Crippen LogP contribution >= 0.6 is 0 Å². The maximum atomic E-state index is 12.7. The molecule has 160 valence electrons. The summed E-state index contributed by atoms with van der Waals surface area (Å²) in [6.07, 6.45) is 4.48. The van der Waals surface area contributed by atoms with Crippen LogP contribution in [0.2, 0.25) is 0 Å². The number of carboxylic acid groups (broad SMARTS) is 1. The number of aromatic nitrogens is 2. The fourth-order valence-corrected chi connectivity index (χ4v) is 3.26. The minimum atomic E-state index is -1.14. The SMILES string of the molecule is CC(C)C(NC(=O)CNC(=O)C1CCCN1C(=O)C(N)Cc1cnc[nH]1)C(=O)O. The average Bonchev–Trinajstić information content (AvgIpc) is 3.34. The van der Waals surface area contributed by atoms with Crippen molar-refractivity contribution in [2.45, 2.75) is 51.2 Å². The summed E-state index contributed by atoms with van der Waals surface area (Å²) in [4.78, 5) is 56.5. The van der Waals surface area contributed by atoms with Crippen molar-refractivity contribution in [3.05, 3.63) is 18.2 Å². The quantitative estimate of drug-likeness (QED) is 0.335. The van der Waals surface area contributed by atoms with Crippen LogP contribution in [0.1, 0.15) is 32.4 Å². The molecule has 3 amide bonds. The van der Waals surface area contributed by atoms with E-state index >= 15 is 0 Å². The molecule has 1 aliphatic rings. The lowest BCUT2D eigenvalue weighted by Crippen LogP contribution is -2.53. The number of nitrogens with two attached hydrogens (primary N) is 1. The Hall–Kier alpha value is -2.95. The van der Waals surface area contributed by atoms with E-state index in [1.165, 1.54) is 11.2 Å². The molecule has 2 rings (SSSR count). The van der Waals surface area contributed by atoms with E-state index in [9.17, 15) is 19.2 Å². The van der Waals surface area contributed by atoms with Crippen LogP contribution in [0.5, 0.6) is 0 Å². The van der Waals surface area contributed by atoms with Gasteiger partial charge in [-0.05, 0) is 18.8 Å². The lowest BCUT2D eigenvalue weighted by atomic mass is 10.0. The summed E-state index contributed by atoms with van der Waals surface area (Å²) < 4.78 is 0. The van der Waals surface area contributed by atoms with Crippen LogP contribution in [0.3, 0.4) is 0 Å². The fraction of sp³-hybridized carbons (Fsp3) is 0.611. The first-order valence-electron chi connectivity index (χ1n) is 9.54. The number of carboxylic acids is 1. The largest absolute Gasteiger partial charge is 0.480 e. The van der Waals surface area contributed by atoms with Crippen molar-refractivity contribution < 1.29 is 24.3 Å². The van der Waals surface area contributed by atoms with Gasteiger partial charge in [-0.25, -0.2) is 9.78 Å². The van der Waals surface area contributed by atoms with Crippen molar-refractivity contribution in [1.29, 1.82) is 0 Å². The van der Waals surface area contributed by atoms with Gasteiger partial charge in [0.1, 0.15) is 12.1 Å². The van der Waals surface area contributed by atoms with E-state index in [4.69, 9.17) is 10.8 Å². The number of aromatic amines is 1. The molecule has 0 radical (unpaired) electrons. The highest BCUT2D eigenvalue weighted by Crippen LogP contribution is 2.19. The van der Waals surface area contributed by atoms with Gasteiger partial charge in [0, 0.05) is 24.9 Å². The predicted molar refractivity (Wildman–Crippen MR) is 102 cm³/mol. The molecular weight excluding hydrogens is 380 g/mol. The molecule has 0 aromatic carbocycles. The van der Waals surface area contributed by atoms with Gasteiger partial charge >= 0.3 is 5.97 Å². The molecule has 3 atom stereocenters. The molecule has 3 unspecified atom stereocenters. The fourth-order valence-electron chi connectivity index (χ4n) is 3.26. The van der Waals surface area contributed by atoms with E-state index in [0.29, 0.717) is 19.4 Å². The minimum absolute atomic E-state index is 0.276. The van der Waals surface area contributed by atoms with Crippen molar-refractivity contribution >= 4 is 23.7 Å². The summed E-state index contributed by atoms with van der Waals surface area (Å²) in [7, 11) is 0. The number of nitrogens with one attached hydrogen (secondary N) is 3. The normalized spacial score (nSPS) is 18.3. The Bertz CT molecular complexity index is 735. The second kappa shape index (κ2) is 10.0. The standard InChI is InChI=1S/C18H28N6O5/c1-10(2)15(18(28)29)23-14(25)8-21-16(26)13-4-3-5-24(13)17(27)12(19)6-11-7-20-9-22-11/h7,9-10,12-13,15H,3-6,8,19H2,1-2H3,(H,20,22)(H,21,26)(H,23,25)(H,28,29). The molecule has 0 aliphatic carbocycles. The maximum absolute atomic E-state index is 12.7. The summed E-state index contributed by atoms with van der Waals surface area (Å²) in [6.45, 7) is 3.39. The number of hydrogen-bond donors (Lipinski definition) is 5. The number of carbonyl (C=O) groups is 4. The van der Waals surface area contributed by atoms with Gasteiger partial charge in [-0.3, -0.25) is 14.4 Å². The van der Waals surface area contributed by atoms with Crippen LogP contribution in [0.15, 0.2) is 12.5 Å². The second-order valence-corrected chi connectivity index (χ2v) is 7.42. The van der Waals surface area contributed by atoms with Gasteiger partial charge in [0.25, 0.3) is 0 Å². The van der Waals surface area contributed by atoms with Crippen LogP contribution in [0, 0.1) is 5.92 Å². The number of imidazole rings is 1. The third-order valence-corrected chi connectivity index (χ3v) is 4.82. The molecule has 6 N–H and O–H groups in total. The highest BCUT2D eigenvalue weighted by Gasteiger charge is 2.36. The van der Waals surface area contributed by atoms with E-state index in [-0.39, 0.29) is 24.8 Å². The predicted octanol–water partition coefficient (Wildman–Crippen LogP) is -1.39. The molecule has 1 saturated heterocycles. The zero-order valence-electron chi connectivity index (χ0n) is 16.6. The lowest BCUT2D eigenvalue weighted by molar-refractivity contribution is -0.143. The van der Waals surface area contributed by atoms with Gasteiger partial charge in [0.2, 0.25) is 17.7 Å². The molecule has 11 nitrogen and oxygen atoms in total. The number of carbonyl (C=O) groups excluding carboxylic acids is 3. The summed E-state index contributed by atoms with van der Waals surface area (Å²) in [5, 5.41) is 14.0. The molecule has 11 heteroatoms. The number of aliphatic carboxylic acids is 1. The van der Waals surface area contributed by atoms with E-state index in [0.717, 1.165) is 5.69 Å². The molecule has 1 aromatic heterocycles. The van der Waals surface area contributed by atoms with Crippen LogP contribution in [-0.2, 0) is 25.6 Å². The Morgan fingerprint density at radius 3 is 2.69 bits per heavy atom. The number of nitrogens with zero attached hydrogens (tertiary/aromatic N) is 2. The third kappa shape index (κ3) is 6.01. The Balaban J connectivity index is 1.88. The maximum Gasteiger partial charge on any atom is 0.326 e. The summed E-state index contributed by atoms with van der Waals surface area (Å²) in [6, 6.07) is -2.55. The van der Waals surface area contributed by atoms with Crippen molar-refractivity contribution in [3.8, 4) is 0 Å². The lowest BCUT2D eigenvalue weighted by Gasteiger charge is -2.26. The number of hydrogen-bond acceptors (Lipinski definition) is 6. The summed E-state index contributed by atoms with van der Waals surface area (Å²) in [5.74, 6) is -2.85. The number of likely N-dealkylation sites (tertiary alicyclic amines) is 1. The second-order valence-electron chi connectivity index (χ2n) is 7.42. The first-order chi connectivity index (χ1) is 13.7. The summed E-state index contributed by atoms with van der Waals surface area (Å²) >= 11 is 0. The molecule has 0 bridgehead atoms. The van der Waals surface area contributed by atoms with Gasteiger partial charge in [-0.2, -0.15) is 0 Å². The Morgan fingerprint density at radius 2 is 2.10 bits per heavy atom. The Labute approximate surface area is 168 Å². The number of rotatable bonds is 9. The zero-order valence-corrected chi connectivity index (χ0v) is 16.6.